The molecule has 0 bridgehead atoms. The van der Waals surface area contributed by atoms with Crippen molar-refractivity contribution in [3.8, 4) is 0 Å². The molecule has 0 heterocycles. The fourth-order valence-corrected chi connectivity index (χ4v) is 2.80. The highest BCUT2D eigenvalue weighted by Gasteiger charge is 2.10. The molecule has 0 saturated carbocycles. The van der Waals surface area contributed by atoms with Crippen molar-refractivity contribution in [2.24, 2.45) is 0 Å². The van der Waals surface area contributed by atoms with Crippen LogP contribution in [0.5, 0.6) is 0 Å². The van der Waals surface area contributed by atoms with Crippen LogP contribution in [-0.4, -0.2) is 5.78 Å². The first-order chi connectivity index (χ1) is 9.65. The van der Waals surface area contributed by atoms with Gasteiger partial charge in [-0.05, 0) is 24.1 Å². The molecule has 0 saturated heterocycles. The number of rotatable bonds is 10. The third kappa shape index (κ3) is 6.76. The van der Waals surface area contributed by atoms with Gasteiger partial charge in [-0.3, -0.25) is 4.79 Å². The van der Waals surface area contributed by atoms with Gasteiger partial charge in [0.25, 0.3) is 0 Å². The molecule has 0 spiro atoms. The molecule has 20 heavy (non-hydrogen) atoms. The molecule has 0 unspecified atom stereocenters. The topological polar surface area (TPSA) is 17.1 Å². The summed E-state index contributed by atoms with van der Waals surface area (Å²) < 4.78 is 0. The van der Waals surface area contributed by atoms with Gasteiger partial charge in [-0.15, -0.1) is 0 Å². The summed E-state index contributed by atoms with van der Waals surface area (Å²) in [7, 11) is 0. The van der Waals surface area contributed by atoms with Crippen molar-refractivity contribution in [1.82, 2.24) is 0 Å². The summed E-state index contributed by atoms with van der Waals surface area (Å²) in [4.78, 5) is 11.9. The van der Waals surface area contributed by atoms with Crippen LogP contribution in [0.25, 0.3) is 0 Å². The molecule has 0 fully saturated rings. The van der Waals surface area contributed by atoms with E-state index in [1.54, 1.807) is 18.2 Å². The van der Waals surface area contributed by atoms with Crippen LogP contribution in [0, 0.1) is 0 Å². The Bertz CT molecular complexity index is 395. The molecule has 1 aromatic carbocycles. The number of unbranched alkanes of at least 4 members (excludes halogenated alkanes) is 6. The van der Waals surface area contributed by atoms with Gasteiger partial charge in [-0.25, -0.2) is 0 Å². The highest BCUT2D eigenvalue weighted by Crippen LogP contribution is 2.25. The number of halogens is 2. The van der Waals surface area contributed by atoms with Gasteiger partial charge in [0.15, 0.2) is 0 Å². The summed E-state index contributed by atoms with van der Waals surface area (Å²) in [5, 5.41) is 1.18. The fraction of sp³-hybridized carbons (Fsp3) is 0.588. The molecule has 1 nitrogen and oxygen atoms in total. The van der Waals surface area contributed by atoms with Gasteiger partial charge in [-0.1, -0.05) is 74.7 Å². The maximum Gasteiger partial charge on any atom is 0.137 e. The van der Waals surface area contributed by atoms with E-state index in [9.17, 15) is 4.79 Å². The number of carbonyl (C=O) groups excluding carboxylic acids is 1. The van der Waals surface area contributed by atoms with Crippen molar-refractivity contribution in [1.29, 1.82) is 0 Å². The predicted molar refractivity (Wildman–Crippen MR) is 87.8 cm³/mol. The van der Waals surface area contributed by atoms with Gasteiger partial charge in [0, 0.05) is 22.9 Å². The Hall–Kier alpha value is -0.530. The summed E-state index contributed by atoms with van der Waals surface area (Å²) in [6.07, 6.45) is 9.56. The first kappa shape index (κ1) is 17.5. The zero-order valence-electron chi connectivity index (χ0n) is 12.3. The summed E-state index contributed by atoms with van der Waals surface area (Å²) in [5.74, 6) is 0.230. The summed E-state index contributed by atoms with van der Waals surface area (Å²) in [6.45, 7) is 2.22. The van der Waals surface area contributed by atoms with Gasteiger partial charge >= 0.3 is 0 Å². The number of Topliss-reactive ketones (excluding diaryl/α,β-unsaturated/α-hetero) is 1. The standard InChI is InChI=1S/C17H24Cl2O/c1-2-3-4-5-6-7-8-10-14(20)13-15-16(18)11-9-12-17(15)19/h9,11-12H,2-8,10,13H2,1H3. The van der Waals surface area contributed by atoms with Crippen LogP contribution in [0.3, 0.4) is 0 Å². The first-order valence-corrected chi connectivity index (χ1v) is 8.35. The molecule has 1 rings (SSSR count). The third-order valence-electron chi connectivity index (χ3n) is 3.49. The molecule has 3 heteroatoms. The highest BCUT2D eigenvalue weighted by atomic mass is 35.5. The summed E-state index contributed by atoms with van der Waals surface area (Å²) in [6, 6.07) is 5.36. The van der Waals surface area contributed by atoms with E-state index in [0.717, 1.165) is 18.4 Å². The largest absolute Gasteiger partial charge is 0.299 e. The van der Waals surface area contributed by atoms with Crippen LogP contribution in [-0.2, 0) is 11.2 Å². The Morgan fingerprint density at radius 3 is 2.10 bits per heavy atom. The Labute approximate surface area is 132 Å². The lowest BCUT2D eigenvalue weighted by atomic mass is 10.0. The number of hydrogen-bond donors (Lipinski definition) is 0. The smallest absolute Gasteiger partial charge is 0.137 e. The van der Waals surface area contributed by atoms with Crippen molar-refractivity contribution in [3.63, 3.8) is 0 Å². The molecule has 0 aromatic heterocycles. The molecular weight excluding hydrogens is 291 g/mol. The number of carbonyl (C=O) groups is 1. The van der Waals surface area contributed by atoms with Crippen molar-refractivity contribution in [3.05, 3.63) is 33.8 Å². The summed E-state index contributed by atoms with van der Waals surface area (Å²) in [5.41, 5.74) is 0.767. The van der Waals surface area contributed by atoms with E-state index in [-0.39, 0.29) is 5.78 Å². The monoisotopic (exact) mass is 314 g/mol. The van der Waals surface area contributed by atoms with E-state index in [1.807, 2.05) is 0 Å². The average Bonchev–Trinajstić information content (AvgIpc) is 2.42. The lowest BCUT2D eigenvalue weighted by Crippen LogP contribution is -2.03. The van der Waals surface area contributed by atoms with E-state index >= 15 is 0 Å². The zero-order valence-corrected chi connectivity index (χ0v) is 13.8. The van der Waals surface area contributed by atoms with Crippen LogP contribution in [0.15, 0.2) is 18.2 Å². The van der Waals surface area contributed by atoms with Crippen molar-refractivity contribution >= 4 is 29.0 Å². The molecule has 112 valence electrons. The second-order valence-corrected chi connectivity index (χ2v) is 6.10. The van der Waals surface area contributed by atoms with Crippen molar-refractivity contribution < 1.29 is 4.79 Å². The minimum atomic E-state index is 0.230. The number of ketones is 1. The molecule has 0 aliphatic rings. The lowest BCUT2D eigenvalue weighted by Gasteiger charge is -2.06. The molecule has 1 aromatic rings. The SMILES string of the molecule is CCCCCCCCCC(=O)Cc1c(Cl)cccc1Cl. The lowest BCUT2D eigenvalue weighted by molar-refractivity contribution is -0.118. The van der Waals surface area contributed by atoms with Crippen LogP contribution in [0.1, 0.15) is 63.9 Å². The molecule has 0 atom stereocenters. The van der Waals surface area contributed by atoms with Crippen LogP contribution >= 0.6 is 23.2 Å². The minimum absolute atomic E-state index is 0.230. The molecule has 0 N–H and O–H groups in total. The fourth-order valence-electron chi connectivity index (χ4n) is 2.27. The van der Waals surface area contributed by atoms with E-state index in [0.29, 0.717) is 22.9 Å². The van der Waals surface area contributed by atoms with Crippen LogP contribution in [0.2, 0.25) is 10.0 Å². The minimum Gasteiger partial charge on any atom is -0.299 e. The van der Waals surface area contributed by atoms with Gasteiger partial charge in [0.2, 0.25) is 0 Å². The van der Waals surface area contributed by atoms with Crippen molar-refractivity contribution in [2.75, 3.05) is 0 Å². The Morgan fingerprint density at radius 2 is 1.50 bits per heavy atom. The van der Waals surface area contributed by atoms with Gasteiger partial charge in [0.1, 0.15) is 5.78 Å². The Kier molecular flexibility index (Phi) is 8.97. The molecular formula is C17H24Cl2O. The zero-order chi connectivity index (χ0) is 14.8. The number of hydrogen-bond acceptors (Lipinski definition) is 1. The Balaban J connectivity index is 2.21. The summed E-state index contributed by atoms with van der Waals surface area (Å²) >= 11 is 12.1. The molecule has 0 radical (unpaired) electrons. The number of benzene rings is 1. The second-order valence-electron chi connectivity index (χ2n) is 5.29. The maximum absolute atomic E-state index is 11.9. The first-order valence-electron chi connectivity index (χ1n) is 7.59. The predicted octanol–water partition coefficient (Wildman–Crippen LogP) is 6.25. The van der Waals surface area contributed by atoms with E-state index < -0.39 is 0 Å². The van der Waals surface area contributed by atoms with Gasteiger partial charge < -0.3 is 0 Å². The normalized spacial score (nSPS) is 10.8. The van der Waals surface area contributed by atoms with E-state index in [2.05, 4.69) is 6.92 Å². The van der Waals surface area contributed by atoms with E-state index in [1.165, 1.54) is 32.1 Å². The van der Waals surface area contributed by atoms with E-state index in [4.69, 9.17) is 23.2 Å². The molecule has 0 amide bonds. The molecule has 0 aliphatic heterocycles. The quantitative estimate of drug-likeness (QED) is 0.467. The van der Waals surface area contributed by atoms with Gasteiger partial charge in [0.05, 0.1) is 0 Å². The van der Waals surface area contributed by atoms with Crippen LogP contribution < -0.4 is 0 Å². The second kappa shape index (κ2) is 10.2. The Morgan fingerprint density at radius 1 is 0.950 bits per heavy atom. The maximum atomic E-state index is 11.9. The van der Waals surface area contributed by atoms with Crippen LogP contribution in [0.4, 0.5) is 0 Å². The molecule has 0 aliphatic carbocycles. The average molecular weight is 315 g/mol. The van der Waals surface area contributed by atoms with Gasteiger partial charge in [-0.2, -0.15) is 0 Å². The highest BCUT2D eigenvalue weighted by molar-refractivity contribution is 6.36. The third-order valence-corrected chi connectivity index (χ3v) is 4.20. The van der Waals surface area contributed by atoms with Crippen molar-refractivity contribution in [2.45, 2.75) is 64.7 Å².